The molecular formula is C22H21Cl2N7S. The first-order valence-corrected chi connectivity index (χ1v) is 11.7. The largest absolute Gasteiger partial charge is 0.341 e. The molecule has 2 aromatic heterocycles. The minimum absolute atomic E-state index is 0.412. The van der Waals surface area contributed by atoms with Crippen molar-refractivity contribution < 1.29 is 0 Å². The number of para-hydroxylation sites is 1. The SMILES string of the molecule is CCN(CC)c1nc(Nc2ccccc2)nc(Nc2nc(-c3ccc(Cl)c(Cl)c3)cs2)n1. The van der Waals surface area contributed by atoms with Gasteiger partial charge in [-0.15, -0.1) is 11.3 Å². The van der Waals surface area contributed by atoms with Crippen LogP contribution in [0.5, 0.6) is 0 Å². The molecule has 0 aliphatic carbocycles. The Labute approximate surface area is 200 Å². The van der Waals surface area contributed by atoms with Crippen LogP contribution in [-0.4, -0.2) is 33.0 Å². The molecule has 0 aliphatic heterocycles. The lowest BCUT2D eigenvalue weighted by Gasteiger charge is -2.19. The van der Waals surface area contributed by atoms with Gasteiger partial charge in [-0.05, 0) is 38.1 Å². The fraction of sp³-hybridized carbons (Fsp3) is 0.182. The van der Waals surface area contributed by atoms with Crippen molar-refractivity contribution in [1.82, 2.24) is 19.9 Å². The first-order valence-electron chi connectivity index (χ1n) is 10.1. The molecule has 4 rings (SSSR count). The lowest BCUT2D eigenvalue weighted by molar-refractivity contribution is 0.815. The van der Waals surface area contributed by atoms with Crippen molar-refractivity contribution in [1.29, 1.82) is 0 Å². The third kappa shape index (κ3) is 5.27. The summed E-state index contributed by atoms with van der Waals surface area (Å²) in [5.74, 6) is 1.46. The highest BCUT2D eigenvalue weighted by Crippen LogP contribution is 2.31. The van der Waals surface area contributed by atoms with Crippen molar-refractivity contribution >= 4 is 63.2 Å². The summed E-state index contributed by atoms with van der Waals surface area (Å²) in [6.07, 6.45) is 0. The Balaban J connectivity index is 1.62. The highest BCUT2D eigenvalue weighted by atomic mass is 35.5. The van der Waals surface area contributed by atoms with Crippen molar-refractivity contribution in [2.24, 2.45) is 0 Å². The predicted octanol–water partition coefficient (Wildman–Crippen LogP) is 6.64. The summed E-state index contributed by atoms with van der Waals surface area (Å²) in [7, 11) is 0. The quantitative estimate of drug-likeness (QED) is 0.289. The Kier molecular flexibility index (Phi) is 7.04. The normalized spacial score (nSPS) is 10.8. The fourth-order valence-electron chi connectivity index (χ4n) is 2.99. The fourth-order valence-corrected chi connectivity index (χ4v) is 4.00. The maximum absolute atomic E-state index is 6.15. The molecule has 32 heavy (non-hydrogen) atoms. The van der Waals surface area contributed by atoms with Gasteiger partial charge in [-0.25, -0.2) is 4.98 Å². The van der Waals surface area contributed by atoms with Gasteiger partial charge in [-0.1, -0.05) is 47.5 Å². The molecular weight excluding hydrogens is 465 g/mol. The van der Waals surface area contributed by atoms with Gasteiger partial charge in [0.15, 0.2) is 5.13 Å². The van der Waals surface area contributed by atoms with Crippen molar-refractivity contribution in [3.63, 3.8) is 0 Å². The van der Waals surface area contributed by atoms with Crippen molar-refractivity contribution in [2.75, 3.05) is 28.6 Å². The number of hydrogen-bond acceptors (Lipinski definition) is 8. The van der Waals surface area contributed by atoms with Gasteiger partial charge in [0.25, 0.3) is 0 Å². The maximum atomic E-state index is 6.15. The number of aromatic nitrogens is 4. The van der Waals surface area contributed by atoms with E-state index >= 15 is 0 Å². The molecule has 0 bridgehead atoms. The monoisotopic (exact) mass is 485 g/mol. The summed E-state index contributed by atoms with van der Waals surface area (Å²) >= 11 is 13.6. The number of nitrogens with zero attached hydrogens (tertiary/aromatic N) is 5. The topological polar surface area (TPSA) is 78.9 Å². The third-order valence-electron chi connectivity index (χ3n) is 4.64. The molecule has 0 amide bonds. The van der Waals surface area contributed by atoms with Crippen LogP contribution in [0, 0.1) is 0 Å². The zero-order chi connectivity index (χ0) is 22.5. The van der Waals surface area contributed by atoms with E-state index in [4.69, 9.17) is 23.2 Å². The number of thiazole rings is 1. The smallest absolute Gasteiger partial charge is 0.235 e. The van der Waals surface area contributed by atoms with Crippen LogP contribution in [0.1, 0.15) is 13.8 Å². The molecule has 0 saturated heterocycles. The average molecular weight is 486 g/mol. The standard InChI is InChI=1S/C22H21Cl2N7S/c1-3-31(4-2)21-28-19(25-15-8-6-5-7-9-15)27-20(29-21)30-22-26-18(13-32-22)14-10-11-16(23)17(24)12-14/h5-13H,3-4H2,1-2H3,(H2,25,26,27,28,29,30). The van der Waals surface area contributed by atoms with Gasteiger partial charge in [0.2, 0.25) is 17.8 Å². The number of benzene rings is 2. The van der Waals surface area contributed by atoms with Gasteiger partial charge < -0.3 is 10.2 Å². The van der Waals surface area contributed by atoms with Gasteiger partial charge in [0.1, 0.15) is 0 Å². The molecule has 0 fully saturated rings. The molecule has 4 aromatic rings. The van der Waals surface area contributed by atoms with E-state index in [0.29, 0.717) is 33.0 Å². The molecule has 0 spiro atoms. The van der Waals surface area contributed by atoms with Crippen LogP contribution < -0.4 is 15.5 Å². The molecule has 0 unspecified atom stereocenters. The van der Waals surface area contributed by atoms with Crippen molar-refractivity contribution in [3.8, 4) is 11.3 Å². The van der Waals surface area contributed by atoms with E-state index in [-0.39, 0.29) is 0 Å². The second kappa shape index (κ2) is 10.1. The van der Waals surface area contributed by atoms with E-state index in [0.717, 1.165) is 30.0 Å². The molecule has 2 heterocycles. The summed E-state index contributed by atoms with van der Waals surface area (Å²) in [5.41, 5.74) is 2.57. The van der Waals surface area contributed by atoms with Crippen LogP contribution >= 0.6 is 34.5 Å². The maximum Gasteiger partial charge on any atom is 0.235 e. The molecule has 0 aliphatic rings. The molecule has 164 valence electrons. The van der Waals surface area contributed by atoms with Crippen LogP contribution in [-0.2, 0) is 0 Å². The molecule has 0 radical (unpaired) electrons. The van der Waals surface area contributed by atoms with Crippen LogP contribution in [0.3, 0.4) is 0 Å². The summed E-state index contributed by atoms with van der Waals surface area (Å²) in [6.45, 7) is 5.69. The summed E-state index contributed by atoms with van der Waals surface area (Å²) in [5, 5.41) is 10.1. The second-order valence-electron chi connectivity index (χ2n) is 6.74. The number of anilines is 5. The number of rotatable bonds is 8. The second-order valence-corrected chi connectivity index (χ2v) is 8.41. The summed E-state index contributed by atoms with van der Waals surface area (Å²) in [6, 6.07) is 15.2. The first-order chi connectivity index (χ1) is 15.6. The van der Waals surface area contributed by atoms with Gasteiger partial charge in [0.05, 0.1) is 15.7 Å². The Hall–Kier alpha value is -2.94. The Morgan fingerprint density at radius 1 is 0.844 bits per heavy atom. The Morgan fingerprint density at radius 2 is 1.56 bits per heavy atom. The molecule has 0 atom stereocenters. The van der Waals surface area contributed by atoms with Gasteiger partial charge in [0, 0.05) is 29.7 Å². The number of nitrogens with one attached hydrogen (secondary N) is 2. The molecule has 0 saturated carbocycles. The van der Waals surface area contributed by atoms with Crippen LogP contribution in [0.4, 0.5) is 28.7 Å². The third-order valence-corrected chi connectivity index (χ3v) is 6.13. The zero-order valence-electron chi connectivity index (χ0n) is 17.5. The Bertz CT molecular complexity index is 1200. The van der Waals surface area contributed by atoms with Crippen LogP contribution in [0.15, 0.2) is 53.9 Å². The first kappa shape index (κ1) is 22.3. The molecule has 2 N–H and O–H groups in total. The lowest BCUT2D eigenvalue weighted by atomic mass is 10.2. The van der Waals surface area contributed by atoms with Crippen LogP contribution in [0.25, 0.3) is 11.3 Å². The number of halogens is 2. The summed E-state index contributed by atoms with van der Waals surface area (Å²) < 4.78 is 0. The van der Waals surface area contributed by atoms with E-state index in [1.165, 1.54) is 11.3 Å². The molecule has 10 heteroatoms. The average Bonchev–Trinajstić information content (AvgIpc) is 3.25. The van der Waals surface area contributed by atoms with Gasteiger partial charge in [-0.3, -0.25) is 5.32 Å². The van der Waals surface area contributed by atoms with Gasteiger partial charge in [-0.2, -0.15) is 15.0 Å². The van der Waals surface area contributed by atoms with Gasteiger partial charge >= 0.3 is 0 Å². The van der Waals surface area contributed by atoms with E-state index < -0.39 is 0 Å². The molecule has 7 nitrogen and oxygen atoms in total. The van der Waals surface area contributed by atoms with Crippen molar-refractivity contribution in [3.05, 3.63) is 64.0 Å². The van der Waals surface area contributed by atoms with Crippen LogP contribution in [0.2, 0.25) is 10.0 Å². The highest BCUT2D eigenvalue weighted by molar-refractivity contribution is 7.14. The Morgan fingerprint density at radius 3 is 2.25 bits per heavy atom. The molecule has 2 aromatic carbocycles. The van der Waals surface area contributed by atoms with E-state index in [9.17, 15) is 0 Å². The minimum atomic E-state index is 0.412. The van der Waals surface area contributed by atoms with E-state index in [1.54, 1.807) is 12.1 Å². The van der Waals surface area contributed by atoms with E-state index in [2.05, 4.69) is 49.3 Å². The zero-order valence-corrected chi connectivity index (χ0v) is 19.8. The van der Waals surface area contributed by atoms with Crippen molar-refractivity contribution in [2.45, 2.75) is 13.8 Å². The minimum Gasteiger partial charge on any atom is -0.341 e. The lowest BCUT2D eigenvalue weighted by Crippen LogP contribution is -2.25. The van der Waals surface area contributed by atoms with E-state index in [1.807, 2.05) is 41.8 Å². The highest BCUT2D eigenvalue weighted by Gasteiger charge is 2.14. The summed E-state index contributed by atoms with van der Waals surface area (Å²) in [4.78, 5) is 20.4. The number of hydrogen-bond donors (Lipinski definition) is 2. The predicted molar refractivity (Wildman–Crippen MR) is 134 cm³/mol.